The second-order valence-electron chi connectivity index (χ2n) is 7.88. The van der Waals surface area contributed by atoms with Crippen LogP contribution in [0.25, 0.3) is 0 Å². The fourth-order valence-electron chi connectivity index (χ4n) is 3.31. The van der Waals surface area contributed by atoms with Crippen LogP contribution in [0.1, 0.15) is 25.8 Å². The molecule has 33 heavy (non-hydrogen) atoms. The number of aryl methyl sites for hydroxylation is 1. The Morgan fingerprint density at radius 1 is 1.12 bits per heavy atom. The second-order valence-corrected chi connectivity index (χ2v) is 9.60. The maximum absolute atomic E-state index is 12.9. The van der Waals surface area contributed by atoms with Gasteiger partial charge >= 0.3 is 6.03 Å². The molecule has 4 amide bonds. The Hall–Kier alpha value is -3.44. The number of hydrogen-bond acceptors (Lipinski definition) is 6. The maximum Gasteiger partial charge on any atom is 0.344 e. The molecule has 1 aliphatic heterocycles. The molecule has 1 saturated heterocycles. The van der Waals surface area contributed by atoms with Crippen molar-refractivity contribution < 1.29 is 27.5 Å². The summed E-state index contributed by atoms with van der Waals surface area (Å²) in [5, 5.41) is 3.19. The zero-order valence-corrected chi connectivity index (χ0v) is 19.3. The molecule has 1 fully saturated rings. The van der Waals surface area contributed by atoms with Crippen LogP contribution < -0.4 is 20.2 Å². The first-order valence-electron chi connectivity index (χ1n) is 10.2. The van der Waals surface area contributed by atoms with E-state index in [-0.39, 0.29) is 4.90 Å². The van der Waals surface area contributed by atoms with Gasteiger partial charge in [0.25, 0.3) is 11.8 Å². The average Bonchev–Trinajstić information content (AvgIpc) is 3.01. The summed E-state index contributed by atoms with van der Waals surface area (Å²) in [5.41, 5.74) is 2.01. The van der Waals surface area contributed by atoms with Gasteiger partial charge in [-0.25, -0.2) is 13.2 Å². The van der Waals surface area contributed by atoms with Crippen LogP contribution in [0.3, 0.4) is 0 Å². The van der Waals surface area contributed by atoms with Gasteiger partial charge in [-0.2, -0.15) is 9.73 Å². The number of carbonyl (C=O) groups is 3. The lowest BCUT2D eigenvalue weighted by Crippen LogP contribution is -2.54. The molecule has 2 aromatic rings. The molecule has 1 heterocycles. The number of nitrogens with zero attached hydrogens (tertiary/aromatic N) is 1. The number of imide groups is 1. The second kappa shape index (κ2) is 9.59. The summed E-state index contributed by atoms with van der Waals surface area (Å²) in [6, 6.07) is 13.1. The lowest BCUT2D eigenvalue weighted by atomic mass is 9.93. The number of benzene rings is 2. The van der Waals surface area contributed by atoms with E-state index >= 15 is 0 Å². The topological polar surface area (TPSA) is 134 Å². The number of rotatable bonds is 9. The average molecular weight is 475 g/mol. The molecule has 176 valence electrons. The minimum Gasteiger partial charge on any atom is -0.497 e. The SMILES string of the molecule is COc1ccc(S(=O)(=O)N[C@@H](C)C(=O)NN2C(=O)NC(C)(CCc3ccccc3)C2=O)cc1. The number of urea groups is 1. The van der Waals surface area contributed by atoms with E-state index in [1.165, 1.54) is 38.3 Å². The van der Waals surface area contributed by atoms with E-state index in [9.17, 15) is 22.8 Å². The lowest BCUT2D eigenvalue weighted by molar-refractivity contribution is -0.139. The van der Waals surface area contributed by atoms with Crippen LogP contribution in [-0.2, 0) is 26.0 Å². The number of amides is 4. The third-order valence-electron chi connectivity index (χ3n) is 5.33. The number of methoxy groups -OCH3 is 1. The minimum absolute atomic E-state index is 0.0635. The fraction of sp³-hybridized carbons (Fsp3) is 0.318. The maximum atomic E-state index is 12.9. The van der Waals surface area contributed by atoms with E-state index in [0.29, 0.717) is 23.6 Å². The molecule has 2 atom stereocenters. The van der Waals surface area contributed by atoms with Gasteiger partial charge in [0.2, 0.25) is 10.0 Å². The monoisotopic (exact) mass is 474 g/mol. The van der Waals surface area contributed by atoms with Gasteiger partial charge in [0, 0.05) is 0 Å². The Morgan fingerprint density at radius 2 is 1.76 bits per heavy atom. The number of sulfonamides is 1. The number of hydrazine groups is 1. The Morgan fingerprint density at radius 3 is 2.36 bits per heavy atom. The molecule has 3 N–H and O–H groups in total. The Kier molecular flexibility index (Phi) is 7.04. The molecule has 0 radical (unpaired) electrons. The lowest BCUT2D eigenvalue weighted by Gasteiger charge is -2.22. The van der Waals surface area contributed by atoms with Crippen LogP contribution in [0.5, 0.6) is 5.75 Å². The van der Waals surface area contributed by atoms with Crippen molar-refractivity contribution >= 4 is 27.9 Å². The van der Waals surface area contributed by atoms with Crippen molar-refractivity contribution in [3.63, 3.8) is 0 Å². The minimum atomic E-state index is -4.02. The summed E-state index contributed by atoms with van der Waals surface area (Å²) in [5.74, 6) is -1.00. The summed E-state index contributed by atoms with van der Waals surface area (Å²) in [4.78, 5) is 37.7. The quantitative estimate of drug-likeness (QED) is 0.470. The molecule has 0 aromatic heterocycles. The highest BCUT2D eigenvalue weighted by atomic mass is 32.2. The van der Waals surface area contributed by atoms with Crippen molar-refractivity contribution in [1.82, 2.24) is 20.5 Å². The highest BCUT2D eigenvalue weighted by Crippen LogP contribution is 2.22. The molecule has 0 aliphatic carbocycles. The predicted molar refractivity (Wildman–Crippen MR) is 119 cm³/mol. The molecule has 11 heteroatoms. The van der Waals surface area contributed by atoms with E-state index in [4.69, 9.17) is 4.74 Å². The molecule has 1 unspecified atom stereocenters. The van der Waals surface area contributed by atoms with E-state index in [2.05, 4.69) is 15.5 Å². The molecule has 0 bridgehead atoms. The van der Waals surface area contributed by atoms with Crippen LogP contribution in [-0.4, -0.2) is 50.0 Å². The largest absolute Gasteiger partial charge is 0.497 e. The summed E-state index contributed by atoms with van der Waals surface area (Å²) < 4.78 is 32.3. The molecule has 0 spiro atoms. The highest BCUT2D eigenvalue weighted by molar-refractivity contribution is 7.89. The summed E-state index contributed by atoms with van der Waals surface area (Å²) in [6.07, 6.45) is 0.872. The first kappa shape index (κ1) is 24.2. The van der Waals surface area contributed by atoms with Crippen LogP contribution in [0.4, 0.5) is 4.79 Å². The predicted octanol–water partition coefficient (Wildman–Crippen LogP) is 1.34. The highest BCUT2D eigenvalue weighted by Gasteiger charge is 2.48. The zero-order valence-electron chi connectivity index (χ0n) is 18.5. The number of nitrogens with one attached hydrogen (secondary N) is 3. The van der Waals surface area contributed by atoms with Crippen molar-refractivity contribution in [1.29, 1.82) is 0 Å². The van der Waals surface area contributed by atoms with Crippen LogP contribution in [0.2, 0.25) is 0 Å². The number of carbonyl (C=O) groups excluding carboxylic acids is 3. The van der Waals surface area contributed by atoms with Gasteiger partial charge in [0.1, 0.15) is 11.3 Å². The third-order valence-corrected chi connectivity index (χ3v) is 6.89. The molecule has 10 nitrogen and oxygen atoms in total. The van der Waals surface area contributed by atoms with E-state index in [0.717, 1.165) is 5.56 Å². The van der Waals surface area contributed by atoms with Crippen LogP contribution in [0, 0.1) is 0 Å². The van der Waals surface area contributed by atoms with Crippen molar-refractivity contribution in [2.75, 3.05) is 7.11 Å². The van der Waals surface area contributed by atoms with Crippen molar-refractivity contribution in [3.8, 4) is 5.75 Å². The van der Waals surface area contributed by atoms with Crippen molar-refractivity contribution in [2.45, 2.75) is 43.2 Å². The molecule has 1 aliphatic rings. The van der Waals surface area contributed by atoms with E-state index < -0.39 is 39.4 Å². The normalized spacial score (nSPS) is 19.2. The Bertz CT molecular complexity index is 1140. The first-order valence-corrected chi connectivity index (χ1v) is 11.7. The van der Waals surface area contributed by atoms with Gasteiger partial charge in [-0.1, -0.05) is 30.3 Å². The van der Waals surface area contributed by atoms with Crippen LogP contribution >= 0.6 is 0 Å². The summed E-state index contributed by atoms with van der Waals surface area (Å²) in [7, 11) is -2.57. The van der Waals surface area contributed by atoms with Gasteiger partial charge < -0.3 is 10.1 Å². The van der Waals surface area contributed by atoms with Crippen LogP contribution in [0.15, 0.2) is 59.5 Å². The van der Waals surface area contributed by atoms with Gasteiger partial charge in [0.15, 0.2) is 0 Å². The van der Waals surface area contributed by atoms with Gasteiger partial charge in [-0.3, -0.25) is 15.0 Å². The molecule has 0 saturated carbocycles. The summed E-state index contributed by atoms with van der Waals surface area (Å²) in [6.45, 7) is 2.89. The number of ether oxygens (including phenoxy) is 1. The molecule has 2 aromatic carbocycles. The molecule has 3 rings (SSSR count). The first-order chi connectivity index (χ1) is 15.6. The Balaban J connectivity index is 1.62. The van der Waals surface area contributed by atoms with Gasteiger partial charge in [-0.15, -0.1) is 0 Å². The van der Waals surface area contributed by atoms with E-state index in [1.807, 2.05) is 30.3 Å². The molecular formula is C22H26N4O6S. The molecular weight excluding hydrogens is 448 g/mol. The van der Waals surface area contributed by atoms with Gasteiger partial charge in [0.05, 0.1) is 18.0 Å². The van der Waals surface area contributed by atoms with Crippen molar-refractivity contribution in [2.24, 2.45) is 0 Å². The fourth-order valence-corrected chi connectivity index (χ4v) is 4.51. The van der Waals surface area contributed by atoms with E-state index in [1.54, 1.807) is 6.92 Å². The Labute approximate surface area is 192 Å². The van der Waals surface area contributed by atoms with Crippen molar-refractivity contribution in [3.05, 3.63) is 60.2 Å². The smallest absolute Gasteiger partial charge is 0.344 e. The number of hydrogen-bond donors (Lipinski definition) is 3. The standard InChI is InChI=1S/C22H26N4O6S/c1-15(25-33(30,31)18-11-9-17(32-3)10-12-18)19(27)24-26-20(28)22(2,23-21(26)29)14-13-16-7-5-4-6-8-16/h4-12,15,25H,13-14H2,1-3H3,(H,23,29)(H,24,27)/t15-,22?/m0/s1. The summed E-state index contributed by atoms with van der Waals surface area (Å²) >= 11 is 0. The zero-order chi connectivity index (χ0) is 24.2. The third kappa shape index (κ3) is 5.49. The van der Waals surface area contributed by atoms with Gasteiger partial charge in [-0.05, 0) is 56.5 Å².